The minimum absolute atomic E-state index is 0. The molecule has 0 aliphatic rings. The normalized spacial score (nSPS) is 8.65. The van der Waals surface area contributed by atoms with E-state index >= 15 is 0 Å². The number of phenolic OH excluding ortho intramolecular Hbond substituents is 1. The van der Waals surface area contributed by atoms with E-state index < -0.39 is 0 Å². The predicted octanol–water partition coefficient (Wildman–Crippen LogP) is 10.4. The Labute approximate surface area is 208 Å². The van der Waals surface area contributed by atoms with Crippen LogP contribution in [0.1, 0.15) is 61.8 Å². The van der Waals surface area contributed by atoms with Crippen molar-refractivity contribution in [3.05, 3.63) is 97.6 Å². The smallest absolute Gasteiger partial charge is 0.127 e. The molecule has 0 fully saturated rings. The zero-order chi connectivity index (χ0) is 24.9. The number of fused-ring (bicyclic) bond motifs is 2. The van der Waals surface area contributed by atoms with Gasteiger partial charge >= 0.3 is 0 Å². The highest BCUT2D eigenvalue weighted by Gasteiger charge is 1.99. The number of hydrogen-bond donors (Lipinski definition) is 1. The van der Waals surface area contributed by atoms with Gasteiger partial charge in [-0.25, -0.2) is 0 Å². The Bertz CT molecular complexity index is 1010. The Morgan fingerprint density at radius 3 is 1.59 bits per heavy atom. The molecule has 0 aliphatic heterocycles. The first-order valence-corrected chi connectivity index (χ1v) is 12.0. The third kappa shape index (κ3) is 12.1. The number of phenols is 1. The van der Waals surface area contributed by atoms with Gasteiger partial charge in [-0.15, -0.1) is 0 Å². The van der Waals surface area contributed by atoms with Gasteiger partial charge in [0.25, 0.3) is 0 Å². The van der Waals surface area contributed by atoms with Crippen LogP contribution in [0.15, 0.2) is 97.6 Å². The summed E-state index contributed by atoms with van der Waals surface area (Å²) in [6.45, 7) is 16.7. The van der Waals surface area contributed by atoms with E-state index in [9.17, 15) is 5.11 Å². The molecule has 0 atom stereocenters. The Kier molecular flexibility index (Phi) is 20.9. The molecule has 34 heavy (non-hydrogen) atoms. The third-order valence-corrected chi connectivity index (χ3v) is 3.87. The van der Waals surface area contributed by atoms with Crippen LogP contribution in [0.25, 0.3) is 21.5 Å². The monoisotopic (exact) mass is 462 g/mol. The first-order valence-electron chi connectivity index (χ1n) is 12.0. The van der Waals surface area contributed by atoms with E-state index in [1.165, 1.54) is 18.2 Å². The zero-order valence-electron chi connectivity index (χ0n) is 21.3. The van der Waals surface area contributed by atoms with E-state index in [-0.39, 0.29) is 7.43 Å². The summed E-state index contributed by atoms with van der Waals surface area (Å²) in [7, 11) is 0. The summed E-state index contributed by atoms with van der Waals surface area (Å²) < 4.78 is 5.55. The summed E-state index contributed by atoms with van der Waals surface area (Å²) in [5.41, 5.74) is 0. The third-order valence-electron chi connectivity index (χ3n) is 3.87. The molecule has 0 saturated carbocycles. The van der Waals surface area contributed by atoms with E-state index in [0.717, 1.165) is 21.9 Å². The zero-order valence-corrected chi connectivity index (χ0v) is 21.3. The van der Waals surface area contributed by atoms with E-state index in [1.807, 2.05) is 74.5 Å². The Morgan fingerprint density at radius 2 is 1.09 bits per heavy atom. The minimum atomic E-state index is 0. The molecule has 186 valence electrons. The van der Waals surface area contributed by atoms with E-state index in [1.54, 1.807) is 12.1 Å². The first-order chi connectivity index (χ1) is 16.1. The lowest BCUT2D eigenvalue weighted by Gasteiger charge is -2.06. The molecular formula is C32H46O2. The topological polar surface area (TPSA) is 29.5 Å². The molecule has 0 aromatic heterocycles. The number of ether oxygens (including phenoxy) is 1. The van der Waals surface area contributed by atoms with Crippen LogP contribution < -0.4 is 4.74 Å². The summed E-state index contributed by atoms with van der Waals surface area (Å²) >= 11 is 0. The lowest BCUT2D eigenvalue weighted by atomic mass is 10.1. The molecule has 0 amide bonds. The van der Waals surface area contributed by atoms with Crippen LogP contribution in [0, 0.1) is 0 Å². The molecule has 2 heteroatoms. The van der Waals surface area contributed by atoms with Gasteiger partial charge in [-0.2, -0.15) is 0 Å². The van der Waals surface area contributed by atoms with Crippen LogP contribution in [0.2, 0.25) is 0 Å². The minimum Gasteiger partial charge on any atom is -0.507 e. The van der Waals surface area contributed by atoms with Crippen molar-refractivity contribution in [2.24, 2.45) is 0 Å². The molecule has 0 heterocycles. The maximum Gasteiger partial charge on any atom is 0.127 e. The molecule has 0 spiro atoms. The lowest BCUT2D eigenvalue weighted by Crippen LogP contribution is -1.92. The van der Waals surface area contributed by atoms with E-state index in [0.29, 0.717) is 12.4 Å². The second-order valence-corrected chi connectivity index (χ2v) is 6.99. The molecule has 4 aromatic rings. The number of benzene rings is 4. The summed E-state index contributed by atoms with van der Waals surface area (Å²) in [6, 6.07) is 27.5. The van der Waals surface area contributed by atoms with Crippen molar-refractivity contribution in [3.8, 4) is 11.5 Å². The molecule has 4 rings (SSSR count). The van der Waals surface area contributed by atoms with Crippen molar-refractivity contribution in [1.82, 2.24) is 0 Å². The molecule has 0 bridgehead atoms. The van der Waals surface area contributed by atoms with Crippen molar-refractivity contribution in [1.29, 1.82) is 0 Å². The number of rotatable bonds is 3. The molecule has 0 unspecified atom stereocenters. The highest BCUT2D eigenvalue weighted by atomic mass is 16.5. The summed E-state index contributed by atoms with van der Waals surface area (Å²) in [5.74, 6) is 1.27. The van der Waals surface area contributed by atoms with Crippen molar-refractivity contribution >= 4 is 21.5 Å². The van der Waals surface area contributed by atoms with E-state index in [2.05, 4.69) is 52.5 Å². The van der Waals surface area contributed by atoms with Crippen molar-refractivity contribution in [2.45, 2.75) is 61.8 Å². The molecule has 4 aromatic carbocycles. The molecule has 0 aliphatic carbocycles. The van der Waals surface area contributed by atoms with E-state index in [4.69, 9.17) is 4.74 Å². The van der Waals surface area contributed by atoms with Gasteiger partial charge in [0, 0.05) is 10.8 Å². The van der Waals surface area contributed by atoms with Crippen LogP contribution in [0.4, 0.5) is 0 Å². The van der Waals surface area contributed by atoms with Crippen molar-refractivity contribution in [3.63, 3.8) is 0 Å². The SMILES string of the molecule is C.C=CCOc1cccc2ccccc12.CC.CCC.CCC.Oc1cccc2ccccc12. The maximum atomic E-state index is 9.37. The predicted molar refractivity (Wildman–Crippen MR) is 155 cm³/mol. The largest absolute Gasteiger partial charge is 0.507 e. The van der Waals surface area contributed by atoms with Crippen LogP contribution in [-0.4, -0.2) is 11.7 Å². The van der Waals surface area contributed by atoms with Crippen LogP contribution in [0.3, 0.4) is 0 Å². The van der Waals surface area contributed by atoms with Gasteiger partial charge in [0.1, 0.15) is 18.1 Å². The molecular weight excluding hydrogens is 416 g/mol. The van der Waals surface area contributed by atoms with Crippen molar-refractivity contribution < 1.29 is 9.84 Å². The fraction of sp³-hybridized carbons (Fsp3) is 0.312. The molecule has 2 nitrogen and oxygen atoms in total. The van der Waals surface area contributed by atoms with Crippen LogP contribution >= 0.6 is 0 Å². The van der Waals surface area contributed by atoms with Gasteiger partial charge in [-0.3, -0.25) is 0 Å². The van der Waals surface area contributed by atoms with Gasteiger partial charge in [-0.05, 0) is 22.9 Å². The molecule has 1 N–H and O–H groups in total. The second-order valence-electron chi connectivity index (χ2n) is 6.99. The highest BCUT2D eigenvalue weighted by Crippen LogP contribution is 2.25. The Morgan fingerprint density at radius 1 is 0.676 bits per heavy atom. The van der Waals surface area contributed by atoms with Gasteiger partial charge in [0.05, 0.1) is 0 Å². The number of aromatic hydroxyl groups is 1. The highest BCUT2D eigenvalue weighted by molar-refractivity contribution is 5.88. The lowest BCUT2D eigenvalue weighted by molar-refractivity contribution is 0.367. The Hall–Kier alpha value is -3.26. The average Bonchev–Trinajstić information content (AvgIpc) is 2.86. The van der Waals surface area contributed by atoms with Crippen molar-refractivity contribution in [2.75, 3.05) is 6.61 Å². The summed E-state index contributed by atoms with van der Waals surface area (Å²) in [4.78, 5) is 0. The molecule has 0 saturated heterocycles. The number of hydrogen-bond acceptors (Lipinski definition) is 2. The second kappa shape index (κ2) is 21.6. The van der Waals surface area contributed by atoms with Crippen LogP contribution in [0.5, 0.6) is 11.5 Å². The summed E-state index contributed by atoms with van der Waals surface area (Å²) in [6.07, 6.45) is 4.25. The van der Waals surface area contributed by atoms with Gasteiger partial charge < -0.3 is 9.84 Å². The Balaban J connectivity index is 0. The van der Waals surface area contributed by atoms with Crippen LogP contribution in [-0.2, 0) is 0 Å². The first kappa shape index (κ1) is 32.9. The van der Waals surface area contributed by atoms with Gasteiger partial charge in [0.2, 0.25) is 0 Å². The quantitative estimate of drug-likeness (QED) is 0.307. The summed E-state index contributed by atoms with van der Waals surface area (Å²) in [5, 5.41) is 13.7. The van der Waals surface area contributed by atoms with Gasteiger partial charge in [0.15, 0.2) is 0 Å². The maximum absolute atomic E-state index is 9.37. The molecule has 0 radical (unpaired) electrons. The fourth-order valence-electron chi connectivity index (χ4n) is 2.68. The average molecular weight is 463 g/mol. The fourth-order valence-corrected chi connectivity index (χ4v) is 2.68. The van der Waals surface area contributed by atoms with Gasteiger partial charge in [-0.1, -0.05) is 147 Å². The standard InChI is InChI=1S/C13H12O.C10H8O.2C3H8.C2H6.CH4/c1-2-10-14-13-9-5-7-11-6-3-4-8-12(11)13;11-10-7-3-5-8-4-1-2-6-9(8)10;2*1-3-2;1-2;/h2-9H,1,10H2;1-7,11H;2*3H2,1-2H3;1-2H3;1H4.